The summed E-state index contributed by atoms with van der Waals surface area (Å²) < 4.78 is 109. The average Bonchev–Trinajstić information content (AvgIpc) is 2.81. The van der Waals surface area contributed by atoms with Gasteiger partial charge in [0.15, 0.2) is 17.5 Å². The van der Waals surface area contributed by atoms with Crippen LogP contribution in [-0.4, -0.2) is 25.0 Å². The molecule has 1 aromatic rings. The topological polar surface area (TPSA) is 18.5 Å². The van der Waals surface area contributed by atoms with Gasteiger partial charge < -0.3 is 9.47 Å². The van der Waals surface area contributed by atoms with Gasteiger partial charge in [-0.25, -0.2) is 22.0 Å². The van der Waals surface area contributed by atoms with Crippen LogP contribution in [0.2, 0.25) is 0 Å². The molecule has 0 bridgehead atoms. The molecule has 190 valence electrons. The van der Waals surface area contributed by atoms with Crippen LogP contribution in [0.4, 0.5) is 30.7 Å². The molecule has 0 N–H and O–H groups in total. The van der Waals surface area contributed by atoms with Crippen molar-refractivity contribution in [3.63, 3.8) is 0 Å². The number of hydrogen-bond donors (Lipinski definition) is 0. The molecule has 1 aromatic carbocycles. The minimum atomic E-state index is -4.50. The Labute approximate surface area is 198 Å². The zero-order chi connectivity index (χ0) is 25.3. The molecule has 0 spiro atoms. The van der Waals surface area contributed by atoms with E-state index in [9.17, 15) is 30.7 Å². The maximum atomic E-state index is 14.8. The molecule has 35 heavy (non-hydrogen) atoms. The van der Waals surface area contributed by atoms with E-state index >= 15 is 0 Å². The normalized spacial score (nSPS) is 29.4. The number of hydrogen-bond acceptors (Lipinski definition) is 2. The van der Waals surface area contributed by atoms with E-state index in [-0.39, 0.29) is 23.8 Å². The first-order chi connectivity index (χ1) is 16.6. The van der Waals surface area contributed by atoms with Gasteiger partial charge in [0, 0.05) is 18.1 Å². The van der Waals surface area contributed by atoms with E-state index in [1.807, 2.05) is 12.2 Å². The van der Waals surface area contributed by atoms with Crippen molar-refractivity contribution in [3.8, 4) is 5.75 Å². The number of alkyl halides is 3. The molecule has 0 aromatic heterocycles. The molecule has 1 aliphatic heterocycles. The second kappa shape index (κ2) is 10.2. The highest BCUT2D eigenvalue weighted by Gasteiger charge is 2.51. The standard InChI is InChI=1S/C26H25F7O2/c1-2-14-3-8-23(34-13-14)16-6-4-15(5-7-16)17-9-19(27)24(20(28)10-17)26(32,33)35-18-11-21(29)25(31)22(30)12-18/h4,6-7,9-12,14-15,19,23-24H,2-3,5,8,13H2,1H3. The van der Waals surface area contributed by atoms with Gasteiger partial charge in [-0.3, -0.25) is 0 Å². The number of rotatable bonds is 6. The van der Waals surface area contributed by atoms with Crippen LogP contribution in [0.15, 0.2) is 59.5 Å². The first kappa shape index (κ1) is 25.5. The fourth-order valence-corrected chi connectivity index (χ4v) is 4.63. The van der Waals surface area contributed by atoms with E-state index in [2.05, 4.69) is 11.7 Å². The summed E-state index contributed by atoms with van der Waals surface area (Å²) in [5.41, 5.74) is 1.19. The van der Waals surface area contributed by atoms with E-state index in [1.54, 1.807) is 6.08 Å². The summed E-state index contributed by atoms with van der Waals surface area (Å²) in [6.07, 6.45) is 3.72. The maximum absolute atomic E-state index is 14.8. The number of allylic oxidation sites excluding steroid dienone is 5. The average molecular weight is 502 g/mol. The van der Waals surface area contributed by atoms with Crippen molar-refractivity contribution < 1.29 is 40.2 Å². The van der Waals surface area contributed by atoms with Crippen LogP contribution in [0.1, 0.15) is 32.6 Å². The second-order valence-electron chi connectivity index (χ2n) is 9.06. The molecule has 1 heterocycles. The van der Waals surface area contributed by atoms with Gasteiger partial charge in [-0.05, 0) is 48.5 Å². The molecule has 3 aliphatic rings. The molecular formula is C26H25F7O2. The number of benzene rings is 1. The first-order valence-electron chi connectivity index (χ1n) is 11.5. The summed E-state index contributed by atoms with van der Waals surface area (Å²) in [6.45, 7) is 2.81. The Balaban J connectivity index is 1.43. The Morgan fingerprint density at radius 1 is 1.06 bits per heavy atom. The monoisotopic (exact) mass is 502 g/mol. The second-order valence-corrected chi connectivity index (χ2v) is 9.06. The maximum Gasteiger partial charge on any atom is 0.410 e. The fourth-order valence-electron chi connectivity index (χ4n) is 4.63. The fraction of sp³-hybridized carbons (Fsp3) is 0.462. The largest absolute Gasteiger partial charge is 0.432 e. The van der Waals surface area contributed by atoms with Gasteiger partial charge in [-0.1, -0.05) is 31.6 Å². The summed E-state index contributed by atoms with van der Waals surface area (Å²) >= 11 is 0. The van der Waals surface area contributed by atoms with Gasteiger partial charge in [0.1, 0.15) is 23.7 Å². The van der Waals surface area contributed by atoms with Crippen LogP contribution in [0.5, 0.6) is 5.75 Å². The molecule has 1 saturated heterocycles. The minimum Gasteiger partial charge on any atom is -0.432 e. The third-order valence-electron chi connectivity index (χ3n) is 6.72. The molecule has 9 heteroatoms. The van der Waals surface area contributed by atoms with E-state index in [4.69, 9.17) is 4.74 Å². The lowest BCUT2D eigenvalue weighted by Gasteiger charge is -2.32. The van der Waals surface area contributed by atoms with Crippen molar-refractivity contribution in [2.75, 3.05) is 6.61 Å². The van der Waals surface area contributed by atoms with Crippen molar-refractivity contribution in [2.45, 2.75) is 51.0 Å². The molecule has 2 nitrogen and oxygen atoms in total. The van der Waals surface area contributed by atoms with Gasteiger partial charge in [0.25, 0.3) is 0 Å². The highest BCUT2D eigenvalue weighted by Crippen LogP contribution is 2.43. The number of ether oxygens (including phenoxy) is 2. The van der Waals surface area contributed by atoms with Gasteiger partial charge in [0.2, 0.25) is 0 Å². The third kappa shape index (κ3) is 5.50. The predicted octanol–water partition coefficient (Wildman–Crippen LogP) is 7.53. The Morgan fingerprint density at radius 2 is 1.77 bits per heavy atom. The zero-order valence-electron chi connectivity index (χ0n) is 18.9. The first-order valence-corrected chi connectivity index (χ1v) is 11.5. The molecule has 0 amide bonds. The van der Waals surface area contributed by atoms with Crippen LogP contribution in [0.3, 0.4) is 0 Å². The van der Waals surface area contributed by atoms with Crippen molar-refractivity contribution in [1.82, 2.24) is 0 Å². The summed E-state index contributed by atoms with van der Waals surface area (Å²) in [7, 11) is 0. The highest BCUT2D eigenvalue weighted by atomic mass is 19.3. The van der Waals surface area contributed by atoms with Gasteiger partial charge in [-0.2, -0.15) is 8.78 Å². The predicted molar refractivity (Wildman–Crippen MR) is 116 cm³/mol. The van der Waals surface area contributed by atoms with E-state index in [0.29, 0.717) is 18.9 Å². The molecule has 4 rings (SSSR count). The van der Waals surface area contributed by atoms with E-state index in [0.717, 1.165) is 37.0 Å². The molecule has 0 saturated carbocycles. The molecule has 0 radical (unpaired) electrons. The molecule has 5 atom stereocenters. The Kier molecular flexibility index (Phi) is 7.45. The lowest BCUT2D eigenvalue weighted by Crippen LogP contribution is -2.41. The minimum absolute atomic E-state index is 0.0297. The zero-order valence-corrected chi connectivity index (χ0v) is 18.9. The van der Waals surface area contributed by atoms with Crippen molar-refractivity contribution in [1.29, 1.82) is 0 Å². The Bertz CT molecular complexity index is 1040. The highest BCUT2D eigenvalue weighted by molar-refractivity contribution is 5.39. The molecular weight excluding hydrogens is 477 g/mol. The van der Waals surface area contributed by atoms with Crippen molar-refractivity contribution >= 4 is 0 Å². The van der Waals surface area contributed by atoms with Crippen LogP contribution in [0.25, 0.3) is 0 Å². The molecule has 2 aliphatic carbocycles. The Morgan fingerprint density at radius 3 is 2.31 bits per heavy atom. The third-order valence-corrected chi connectivity index (χ3v) is 6.72. The van der Waals surface area contributed by atoms with Crippen LogP contribution in [-0.2, 0) is 4.74 Å². The summed E-state index contributed by atoms with van der Waals surface area (Å²) in [4.78, 5) is 0. The lowest BCUT2D eigenvalue weighted by atomic mass is 9.82. The summed E-state index contributed by atoms with van der Waals surface area (Å²) in [5, 5.41) is 0. The van der Waals surface area contributed by atoms with Gasteiger partial charge in [0.05, 0.1) is 12.7 Å². The van der Waals surface area contributed by atoms with Crippen LogP contribution in [0, 0.1) is 35.2 Å². The van der Waals surface area contributed by atoms with E-state index in [1.165, 1.54) is 0 Å². The summed E-state index contributed by atoms with van der Waals surface area (Å²) in [5.74, 6) is -10.5. The van der Waals surface area contributed by atoms with Gasteiger partial charge in [-0.15, -0.1) is 0 Å². The van der Waals surface area contributed by atoms with Crippen LogP contribution < -0.4 is 4.74 Å². The van der Waals surface area contributed by atoms with Gasteiger partial charge >= 0.3 is 6.11 Å². The molecule has 5 unspecified atom stereocenters. The quantitative estimate of drug-likeness (QED) is 0.296. The number of halogens is 7. The Hall–Kier alpha value is -2.55. The lowest BCUT2D eigenvalue weighted by molar-refractivity contribution is -0.219. The summed E-state index contributed by atoms with van der Waals surface area (Å²) in [6, 6.07) is 0.362. The smallest absolute Gasteiger partial charge is 0.410 e. The van der Waals surface area contributed by atoms with Crippen molar-refractivity contribution in [3.05, 3.63) is 76.9 Å². The van der Waals surface area contributed by atoms with Crippen LogP contribution >= 0.6 is 0 Å². The molecule has 1 fully saturated rings. The SMILES string of the molecule is CCC1CCC(C2=CCC(C3=CC(F)C(C(F)(F)Oc4cc(F)c(F)c(F)c4)C(F)=C3)C=C2)OC1. The van der Waals surface area contributed by atoms with Crippen molar-refractivity contribution in [2.24, 2.45) is 17.8 Å². The van der Waals surface area contributed by atoms with E-state index < -0.39 is 53.1 Å².